The quantitative estimate of drug-likeness (QED) is 0.511. The van der Waals surface area contributed by atoms with Crippen LogP contribution in [0.3, 0.4) is 0 Å². The lowest BCUT2D eigenvalue weighted by Gasteiger charge is -2.33. The fourth-order valence-electron chi connectivity index (χ4n) is 3.68. The average molecular weight is 359 g/mol. The minimum atomic E-state index is -0.601. The van der Waals surface area contributed by atoms with Crippen molar-refractivity contribution < 1.29 is 5.11 Å². The Morgan fingerprint density at radius 3 is 2.12 bits per heavy atom. The van der Waals surface area contributed by atoms with E-state index in [0.29, 0.717) is 5.92 Å². The van der Waals surface area contributed by atoms with Gasteiger partial charge in [-0.2, -0.15) is 0 Å². The van der Waals surface area contributed by atoms with Crippen LogP contribution >= 0.6 is 0 Å². The molecule has 0 saturated carbocycles. The van der Waals surface area contributed by atoms with E-state index in [4.69, 9.17) is 0 Å². The Kier molecular flexibility index (Phi) is 10.2. The molecule has 148 valence electrons. The monoisotopic (exact) mass is 358 g/mol. The molecule has 1 nitrogen and oxygen atoms in total. The Balaban J connectivity index is 2.88. The third kappa shape index (κ3) is 9.57. The zero-order valence-electron chi connectivity index (χ0n) is 18.2. The van der Waals surface area contributed by atoms with Gasteiger partial charge < -0.3 is 5.11 Å². The van der Waals surface area contributed by atoms with E-state index in [2.05, 4.69) is 58.9 Å². The van der Waals surface area contributed by atoms with Crippen LogP contribution in [0.15, 0.2) is 46.6 Å². The van der Waals surface area contributed by atoms with Gasteiger partial charge in [0.15, 0.2) is 0 Å². The first-order valence-corrected chi connectivity index (χ1v) is 10.5. The molecule has 0 saturated heterocycles. The summed E-state index contributed by atoms with van der Waals surface area (Å²) in [5.74, 6) is 0.326. The molecule has 0 aliphatic heterocycles. The molecule has 0 bridgehead atoms. The summed E-state index contributed by atoms with van der Waals surface area (Å²) in [7, 11) is 0. The highest BCUT2D eigenvalue weighted by Gasteiger charge is 2.30. The van der Waals surface area contributed by atoms with Crippen molar-refractivity contribution >= 4 is 0 Å². The zero-order valence-corrected chi connectivity index (χ0v) is 18.2. The summed E-state index contributed by atoms with van der Waals surface area (Å²) in [6, 6.07) is 0. The maximum absolute atomic E-state index is 11.2. The van der Waals surface area contributed by atoms with Crippen molar-refractivity contribution in [2.24, 2.45) is 5.92 Å². The van der Waals surface area contributed by atoms with E-state index in [-0.39, 0.29) is 0 Å². The van der Waals surface area contributed by atoms with Crippen LogP contribution in [-0.2, 0) is 0 Å². The molecule has 0 fully saturated rings. The number of hydrogen-bond donors (Lipinski definition) is 1. The van der Waals surface area contributed by atoms with Gasteiger partial charge >= 0.3 is 0 Å². The molecule has 26 heavy (non-hydrogen) atoms. The van der Waals surface area contributed by atoms with Gasteiger partial charge in [0.05, 0.1) is 5.60 Å². The van der Waals surface area contributed by atoms with Crippen molar-refractivity contribution in [3.05, 3.63) is 46.6 Å². The fourth-order valence-corrected chi connectivity index (χ4v) is 3.68. The average Bonchev–Trinajstić information content (AvgIpc) is 2.53. The van der Waals surface area contributed by atoms with E-state index >= 15 is 0 Å². The van der Waals surface area contributed by atoms with E-state index in [1.807, 2.05) is 6.92 Å². The second kappa shape index (κ2) is 11.6. The third-order valence-electron chi connectivity index (χ3n) is 5.78. The third-order valence-corrected chi connectivity index (χ3v) is 5.78. The summed E-state index contributed by atoms with van der Waals surface area (Å²) in [6.45, 7) is 13.1. The van der Waals surface area contributed by atoms with Crippen LogP contribution in [0.25, 0.3) is 0 Å². The van der Waals surface area contributed by atoms with Crippen molar-refractivity contribution in [2.75, 3.05) is 0 Å². The van der Waals surface area contributed by atoms with Gasteiger partial charge in [-0.25, -0.2) is 0 Å². The van der Waals surface area contributed by atoms with Gasteiger partial charge in [-0.05, 0) is 105 Å². The molecule has 1 rings (SSSR count). The Bertz CT molecular complexity index is 539. The van der Waals surface area contributed by atoms with Crippen molar-refractivity contribution in [3.63, 3.8) is 0 Å². The molecule has 2 atom stereocenters. The highest BCUT2D eigenvalue weighted by molar-refractivity contribution is 5.08. The number of hydrogen-bond acceptors (Lipinski definition) is 1. The Morgan fingerprint density at radius 1 is 1.00 bits per heavy atom. The van der Waals surface area contributed by atoms with E-state index in [9.17, 15) is 5.11 Å². The van der Waals surface area contributed by atoms with E-state index in [1.165, 1.54) is 28.7 Å². The molecule has 0 radical (unpaired) electrons. The summed E-state index contributed by atoms with van der Waals surface area (Å²) >= 11 is 0. The Morgan fingerprint density at radius 2 is 1.54 bits per heavy atom. The molecule has 1 heteroatoms. The molecule has 1 N–H and O–H groups in total. The minimum absolute atomic E-state index is 0.326. The molecule has 0 heterocycles. The summed E-state index contributed by atoms with van der Waals surface area (Å²) < 4.78 is 0. The highest BCUT2D eigenvalue weighted by atomic mass is 16.3. The number of aliphatic hydroxyl groups is 1. The molecule has 0 unspecified atom stereocenters. The van der Waals surface area contributed by atoms with Crippen LogP contribution < -0.4 is 0 Å². The van der Waals surface area contributed by atoms with E-state index < -0.39 is 5.60 Å². The van der Waals surface area contributed by atoms with E-state index in [0.717, 1.165) is 51.4 Å². The lowest BCUT2D eigenvalue weighted by Crippen LogP contribution is -2.34. The molecule has 0 aromatic rings. The molecular weight excluding hydrogens is 316 g/mol. The second-order valence-corrected chi connectivity index (χ2v) is 8.88. The van der Waals surface area contributed by atoms with Crippen LogP contribution in [-0.4, -0.2) is 10.7 Å². The molecule has 0 aromatic carbocycles. The van der Waals surface area contributed by atoms with Crippen molar-refractivity contribution in [1.29, 1.82) is 0 Å². The Hall–Kier alpha value is -1.08. The van der Waals surface area contributed by atoms with Gasteiger partial charge in [-0.3, -0.25) is 0 Å². The molecule has 0 aromatic heterocycles. The van der Waals surface area contributed by atoms with Crippen LogP contribution in [0.2, 0.25) is 0 Å². The number of allylic oxidation sites excluding steroid dienone is 8. The summed E-state index contributed by atoms with van der Waals surface area (Å²) in [5.41, 5.74) is 5.18. The summed E-state index contributed by atoms with van der Waals surface area (Å²) in [4.78, 5) is 0. The first kappa shape index (κ1) is 23.0. The standard InChI is InChI=1S/C25H42O/c1-20(2)10-9-19-25(6,26)24-17-15-22(4)13-7-11-21(3)12-8-14-23(5)16-18-24/h10-11,14-15,24,26H,7-9,12-13,16-19H2,1-6H3/b21-11+,22-15+,23-14+/t24-,25-/m1/s1. The van der Waals surface area contributed by atoms with Crippen LogP contribution in [0.5, 0.6) is 0 Å². The van der Waals surface area contributed by atoms with Crippen molar-refractivity contribution in [2.45, 2.75) is 105 Å². The van der Waals surface area contributed by atoms with Crippen LogP contribution in [0.1, 0.15) is 99.3 Å². The SMILES string of the molecule is CC(C)=CCC[C@@](C)(O)[C@@H]1C/C=C(\C)CC/C=C(\C)CC/C=C(\C)CC1. The maximum Gasteiger partial charge on any atom is 0.0653 e. The van der Waals surface area contributed by atoms with Gasteiger partial charge in [0, 0.05) is 0 Å². The minimum Gasteiger partial charge on any atom is -0.390 e. The topological polar surface area (TPSA) is 20.2 Å². The van der Waals surface area contributed by atoms with Gasteiger partial charge in [-0.1, -0.05) is 46.6 Å². The van der Waals surface area contributed by atoms with E-state index in [1.54, 1.807) is 0 Å². The summed E-state index contributed by atoms with van der Waals surface area (Å²) in [6.07, 6.45) is 19.0. The number of rotatable bonds is 4. The smallest absolute Gasteiger partial charge is 0.0653 e. The lowest BCUT2D eigenvalue weighted by molar-refractivity contribution is -0.0105. The summed E-state index contributed by atoms with van der Waals surface area (Å²) in [5, 5.41) is 11.2. The zero-order chi connectivity index (χ0) is 19.6. The lowest BCUT2D eigenvalue weighted by atomic mass is 9.79. The van der Waals surface area contributed by atoms with Crippen LogP contribution in [0.4, 0.5) is 0 Å². The molecule has 1 aliphatic rings. The van der Waals surface area contributed by atoms with Crippen LogP contribution in [0, 0.1) is 5.92 Å². The predicted molar refractivity (Wildman–Crippen MR) is 116 cm³/mol. The molecule has 0 spiro atoms. The van der Waals surface area contributed by atoms with Gasteiger partial charge in [0.1, 0.15) is 0 Å². The molecule has 0 amide bonds. The van der Waals surface area contributed by atoms with Gasteiger partial charge in [0.25, 0.3) is 0 Å². The fraction of sp³-hybridized carbons (Fsp3) is 0.680. The second-order valence-electron chi connectivity index (χ2n) is 8.88. The predicted octanol–water partition coefficient (Wildman–Crippen LogP) is 7.68. The molecular formula is C25H42O. The first-order chi connectivity index (χ1) is 12.2. The largest absolute Gasteiger partial charge is 0.390 e. The van der Waals surface area contributed by atoms with Crippen molar-refractivity contribution in [1.82, 2.24) is 0 Å². The maximum atomic E-state index is 11.2. The van der Waals surface area contributed by atoms with Crippen molar-refractivity contribution in [3.8, 4) is 0 Å². The normalized spacial score (nSPS) is 29.0. The highest BCUT2D eigenvalue weighted by Crippen LogP contribution is 2.32. The van der Waals surface area contributed by atoms with Gasteiger partial charge in [-0.15, -0.1) is 0 Å². The first-order valence-electron chi connectivity index (χ1n) is 10.5. The Labute approximate surface area is 163 Å². The molecule has 1 aliphatic carbocycles. The van der Waals surface area contributed by atoms with Gasteiger partial charge in [0.2, 0.25) is 0 Å².